The van der Waals surface area contributed by atoms with Crippen LogP contribution >= 0.6 is 22.9 Å². The van der Waals surface area contributed by atoms with E-state index in [1.807, 2.05) is 24.3 Å². The first-order valence-corrected chi connectivity index (χ1v) is 9.39. The molecule has 0 radical (unpaired) electrons. The van der Waals surface area contributed by atoms with Crippen LogP contribution < -0.4 is 9.47 Å². The lowest BCUT2D eigenvalue weighted by Crippen LogP contribution is -2.22. The maximum Gasteiger partial charge on any atom is 0.179 e. The van der Waals surface area contributed by atoms with E-state index in [0.29, 0.717) is 24.0 Å². The Bertz CT molecular complexity index is 781. The molecule has 2 aromatic heterocycles. The lowest BCUT2D eigenvalue weighted by molar-refractivity contribution is 0.171. The van der Waals surface area contributed by atoms with Crippen LogP contribution in [-0.2, 0) is 19.6 Å². The van der Waals surface area contributed by atoms with Crippen LogP contribution in [-0.4, -0.2) is 18.1 Å². The molecule has 0 saturated carbocycles. The minimum absolute atomic E-state index is 0.537. The van der Waals surface area contributed by atoms with E-state index < -0.39 is 0 Å². The molecule has 0 aliphatic carbocycles. The summed E-state index contributed by atoms with van der Waals surface area (Å²) in [4.78, 5) is 3.64. The van der Waals surface area contributed by atoms with E-state index >= 15 is 0 Å². The topological polar surface area (TPSA) is 34.8 Å². The fourth-order valence-corrected chi connectivity index (χ4v) is 3.96. The fraction of sp³-hybridized carbons (Fsp3) is 0.263. The number of nitrogens with zero attached hydrogens (tertiary/aromatic N) is 1. The third kappa shape index (κ3) is 4.00. The molecule has 25 heavy (non-hydrogen) atoms. The van der Waals surface area contributed by atoms with Crippen LogP contribution in [0.15, 0.2) is 52.5 Å². The molecule has 0 spiro atoms. The van der Waals surface area contributed by atoms with Crippen LogP contribution in [0.5, 0.6) is 11.5 Å². The van der Waals surface area contributed by atoms with Crippen molar-refractivity contribution < 1.29 is 13.9 Å². The summed E-state index contributed by atoms with van der Waals surface area (Å²) < 4.78 is 16.8. The van der Waals surface area contributed by atoms with Crippen LogP contribution in [0, 0.1) is 0 Å². The zero-order chi connectivity index (χ0) is 17.1. The molecule has 4 rings (SSSR count). The molecule has 130 valence electrons. The largest absolute Gasteiger partial charge is 0.486 e. The van der Waals surface area contributed by atoms with Gasteiger partial charge < -0.3 is 13.9 Å². The third-order valence-electron chi connectivity index (χ3n) is 3.98. The van der Waals surface area contributed by atoms with E-state index in [1.165, 1.54) is 4.88 Å². The lowest BCUT2D eigenvalue weighted by Gasteiger charge is -2.23. The maximum absolute atomic E-state index is 6.38. The van der Waals surface area contributed by atoms with Gasteiger partial charge in [-0.25, -0.2) is 0 Å². The van der Waals surface area contributed by atoms with Gasteiger partial charge in [0, 0.05) is 18.0 Å². The monoisotopic (exact) mass is 375 g/mol. The summed E-state index contributed by atoms with van der Waals surface area (Å²) >= 11 is 8.13. The summed E-state index contributed by atoms with van der Waals surface area (Å²) in [7, 11) is 0. The van der Waals surface area contributed by atoms with Crippen molar-refractivity contribution in [3.63, 3.8) is 0 Å². The summed E-state index contributed by atoms with van der Waals surface area (Å²) in [6.07, 6.45) is 1.71. The van der Waals surface area contributed by atoms with Crippen molar-refractivity contribution in [2.24, 2.45) is 0 Å². The maximum atomic E-state index is 6.38. The number of rotatable bonds is 6. The fourth-order valence-electron chi connectivity index (χ4n) is 2.93. The molecular formula is C19H18ClNO3S. The Labute approximate surface area is 155 Å². The number of furan rings is 1. The second-order valence-electron chi connectivity index (χ2n) is 5.91. The average Bonchev–Trinajstić information content (AvgIpc) is 3.29. The summed E-state index contributed by atoms with van der Waals surface area (Å²) in [5.74, 6) is 2.32. The normalized spacial score (nSPS) is 13.4. The highest BCUT2D eigenvalue weighted by atomic mass is 35.5. The van der Waals surface area contributed by atoms with E-state index in [4.69, 9.17) is 25.5 Å². The Morgan fingerprint density at radius 1 is 1.04 bits per heavy atom. The molecule has 3 aromatic rings. The predicted octanol–water partition coefficient (Wildman–Crippen LogP) is 4.97. The lowest BCUT2D eigenvalue weighted by atomic mass is 10.1. The molecule has 1 aliphatic heterocycles. The Kier molecular flexibility index (Phi) is 4.97. The van der Waals surface area contributed by atoms with Crippen LogP contribution in [0.2, 0.25) is 5.02 Å². The number of ether oxygens (including phenoxy) is 2. The van der Waals surface area contributed by atoms with Crippen molar-refractivity contribution >= 4 is 22.9 Å². The van der Waals surface area contributed by atoms with Gasteiger partial charge in [0.15, 0.2) is 11.5 Å². The van der Waals surface area contributed by atoms with E-state index in [0.717, 1.165) is 36.7 Å². The molecule has 1 aromatic carbocycles. The first-order valence-electron chi connectivity index (χ1n) is 8.13. The minimum atomic E-state index is 0.537. The highest BCUT2D eigenvalue weighted by molar-refractivity contribution is 7.09. The van der Waals surface area contributed by atoms with Gasteiger partial charge in [-0.2, -0.15) is 0 Å². The molecule has 0 atom stereocenters. The minimum Gasteiger partial charge on any atom is -0.486 e. The van der Waals surface area contributed by atoms with Gasteiger partial charge in [-0.05, 0) is 41.3 Å². The molecule has 4 nitrogen and oxygen atoms in total. The van der Waals surface area contributed by atoms with Crippen molar-refractivity contribution in [2.45, 2.75) is 19.6 Å². The van der Waals surface area contributed by atoms with Crippen LogP contribution in [0.3, 0.4) is 0 Å². The second-order valence-corrected chi connectivity index (χ2v) is 7.35. The molecule has 0 N–H and O–H groups in total. The Hall–Kier alpha value is -1.95. The van der Waals surface area contributed by atoms with E-state index in [2.05, 4.69) is 22.4 Å². The zero-order valence-electron chi connectivity index (χ0n) is 13.6. The van der Waals surface area contributed by atoms with Gasteiger partial charge >= 0.3 is 0 Å². The van der Waals surface area contributed by atoms with E-state index in [1.54, 1.807) is 17.6 Å². The summed E-state index contributed by atoms with van der Waals surface area (Å²) in [5, 5.41) is 2.70. The van der Waals surface area contributed by atoms with Gasteiger partial charge in [-0.1, -0.05) is 17.7 Å². The number of fused-ring (bicyclic) bond motifs is 1. The van der Waals surface area contributed by atoms with Crippen LogP contribution in [0.4, 0.5) is 0 Å². The molecule has 0 unspecified atom stereocenters. The first kappa shape index (κ1) is 16.5. The quantitative estimate of drug-likeness (QED) is 0.609. The Morgan fingerprint density at radius 3 is 2.76 bits per heavy atom. The van der Waals surface area contributed by atoms with Gasteiger partial charge in [-0.3, -0.25) is 4.90 Å². The highest BCUT2D eigenvalue weighted by Gasteiger charge is 2.18. The van der Waals surface area contributed by atoms with E-state index in [-0.39, 0.29) is 0 Å². The second kappa shape index (κ2) is 7.52. The van der Waals surface area contributed by atoms with Gasteiger partial charge in [0.25, 0.3) is 0 Å². The SMILES string of the molecule is Clc1cc(CN(Cc2ccco2)Cc2cccs2)cc2c1OCCO2. The van der Waals surface area contributed by atoms with Gasteiger partial charge in [0.2, 0.25) is 0 Å². The highest BCUT2D eigenvalue weighted by Crippen LogP contribution is 2.38. The van der Waals surface area contributed by atoms with Crippen LogP contribution in [0.25, 0.3) is 0 Å². The standard InChI is InChI=1S/C19H18ClNO3S/c20-17-9-14(10-18-19(17)24-7-6-23-18)11-21(12-15-3-1-5-22-15)13-16-4-2-8-25-16/h1-5,8-10H,6-7,11-13H2. The molecule has 0 saturated heterocycles. The molecule has 0 fully saturated rings. The molecule has 6 heteroatoms. The summed E-state index contributed by atoms with van der Waals surface area (Å²) in [6.45, 7) is 3.42. The van der Waals surface area contributed by atoms with Gasteiger partial charge in [-0.15, -0.1) is 11.3 Å². The smallest absolute Gasteiger partial charge is 0.179 e. The number of hydrogen-bond donors (Lipinski definition) is 0. The van der Waals surface area contributed by atoms with Crippen molar-refractivity contribution in [1.29, 1.82) is 0 Å². The average molecular weight is 376 g/mol. The summed E-state index contributed by atoms with van der Waals surface area (Å²) in [5.41, 5.74) is 1.09. The summed E-state index contributed by atoms with van der Waals surface area (Å²) in [6, 6.07) is 12.1. The third-order valence-corrected chi connectivity index (χ3v) is 5.12. The van der Waals surface area contributed by atoms with Gasteiger partial charge in [0.1, 0.15) is 19.0 Å². The van der Waals surface area contributed by atoms with Crippen molar-refractivity contribution in [3.8, 4) is 11.5 Å². The molecule has 3 heterocycles. The molecular weight excluding hydrogens is 358 g/mol. The molecule has 1 aliphatic rings. The van der Waals surface area contributed by atoms with Gasteiger partial charge in [0.05, 0.1) is 17.8 Å². The van der Waals surface area contributed by atoms with Crippen molar-refractivity contribution in [1.82, 2.24) is 4.90 Å². The number of halogens is 1. The number of thiophene rings is 1. The molecule has 0 bridgehead atoms. The number of hydrogen-bond acceptors (Lipinski definition) is 5. The van der Waals surface area contributed by atoms with E-state index in [9.17, 15) is 0 Å². The Morgan fingerprint density at radius 2 is 1.96 bits per heavy atom. The van der Waals surface area contributed by atoms with Crippen molar-refractivity contribution in [3.05, 3.63) is 69.3 Å². The zero-order valence-corrected chi connectivity index (χ0v) is 15.2. The molecule has 0 amide bonds. The first-order chi connectivity index (χ1) is 12.3. The van der Waals surface area contributed by atoms with Crippen molar-refractivity contribution in [2.75, 3.05) is 13.2 Å². The predicted molar refractivity (Wildman–Crippen MR) is 98.4 cm³/mol. The Balaban J connectivity index is 1.56. The number of benzene rings is 1. The van der Waals surface area contributed by atoms with Crippen LogP contribution in [0.1, 0.15) is 16.2 Å².